The summed E-state index contributed by atoms with van der Waals surface area (Å²) in [5, 5.41) is 0. The number of hydrogen-bond acceptors (Lipinski definition) is 4. The van der Waals surface area contributed by atoms with E-state index >= 15 is 0 Å². The number of carbonyl (C=O) groups excluding carboxylic acids is 2. The van der Waals surface area contributed by atoms with Crippen LogP contribution in [0.1, 0.15) is 72.1 Å². The third-order valence-corrected chi connectivity index (χ3v) is 4.48. The third kappa shape index (κ3) is 4.72. The summed E-state index contributed by atoms with van der Waals surface area (Å²) in [6, 6.07) is 0. The molecule has 1 saturated carbocycles. The number of unbranched alkanes of at least 4 members (excludes halogenated alkanes) is 2. The predicted octanol–water partition coefficient (Wildman–Crippen LogP) is 3.87. The lowest BCUT2D eigenvalue weighted by atomic mass is 9.76. The summed E-state index contributed by atoms with van der Waals surface area (Å²) in [4.78, 5) is 25.0. The van der Waals surface area contributed by atoms with Gasteiger partial charge >= 0.3 is 11.9 Å². The summed E-state index contributed by atoms with van der Waals surface area (Å²) in [6.07, 6.45) is 7.55. The van der Waals surface area contributed by atoms with Crippen molar-refractivity contribution >= 4 is 11.9 Å². The summed E-state index contributed by atoms with van der Waals surface area (Å²) in [6.45, 7) is 6.58. The second kappa shape index (κ2) is 9.06. The van der Waals surface area contributed by atoms with E-state index < -0.39 is 17.4 Å². The van der Waals surface area contributed by atoms with Gasteiger partial charge < -0.3 is 9.47 Å². The van der Waals surface area contributed by atoms with E-state index in [1.165, 1.54) is 0 Å². The van der Waals surface area contributed by atoms with Crippen molar-refractivity contribution in [3.63, 3.8) is 0 Å². The molecule has 1 aliphatic rings. The molecule has 0 aromatic rings. The van der Waals surface area contributed by atoms with Gasteiger partial charge in [-0.3, -0.25) is 9.59 Å². The Morgan fingerprint density at radius 1 is 0.952 bits per heavy atom. The first-order valence-electron chi connectivity index (χ1n) is 8.41. The quantitative estimate of drug-likeness (QED) is 0.368. The Kier molecular flexibility index (Phi) is 7.76. The van der Waals surface area contributed by atoms with Crippen molar-refractivity contribution < 1.29 is 19.1 Å². The van der Waals surface area contributed by atoms with Gasteiger partial charge in [-0.1, -0.05) is 39.5 Å². The Morgan fingerprint density at radius 3 is 1.76 bits per heavy atom. The molecular weight excluding hydrogens is 268 g/mol. The molecule has 1 aliphatic carbocycles. The molecule has 1 fully saturated rings. The maximum Gasteiger partial charge on any atom is 0.323 e. The minimum atomic E-state index is -1.13. The summed E-state index contributed by atoms with van der Waals surface area (Å²) in [7, 11) is 0. The molecule has 21 heavy (non-hydrogen) atoms. The van der Waals surface area contributed by atoms with E-state index in [1.807, 2.05) is 13.8 Å². The lowest BCUT2D eigenvalue weighted by molar-refractivity contribution is -0.175. The first kappa shape index (κ1) is 18.0. The van der Waals surface area contributed by atoms with Crippen molar-refractivity contribution in [3.05, 3.63) is 0 Å². The average molecular weight is 298 g/mol. The molecule has 0 amide bonds. The van der Waals surface area contributed by atoms with Gasteiger partial charge in [-0.25, -0.2) is 0 Å². The van der Waals surface area contributed by atoms with Gasteiger partial charge in [-0.2, -0.15) is 0 Å². The highest BCUT2D eigenvalue weighted by molar-refractivity contribution is 6.00. The molecule has 0 atom stereocenters. The number of ether oxygens (including phenoxy) is 2. The molecule has 0 saturated heterocycles. The number of carbonyl (C=O) groups is 2. The zero-order valence-electron chi connectivity index (χ0n) is 13.8. The molecule has 4 nitrogen and oxygen atoms in total. The van der Waals surface area contributed by atoms with Gasteiger partial charge in [-0.15, -0.1) is 0 Å². The SMILES string of the molecule is CCCCOC(=O)C(C)(C(=O)OCCCC)C1CCCC1. The molecule has 0 N–H and O–H groups in total. The Morgan fingerprint density at radius 2 is 1.38 bits per heavy atom. The van der Waals surface area contributed by atoms with Crippen LogP contribution in [0.15, 0.2) is 0 Å². The molecule has 0 heterocycles. The summed E-state index contributed by atoms with van der Waals surface area (Å²) >= 11 is 0. The van der Waals surface area contributed by atoms with Gasteiger partial charge in [-0.05, 0) is 38.5 Å². The summed E-state index contributed by atoms with van der Waals surface area (Å²) < 4.78 is 10.7. The van der Waals surface area contributed by atoms with Crippen molar-refractivity contribution in [3.8, 4) is 0 Å². The standard InChI is InChI=1S/C17H30O4/c1-4-6-12-20-15(18)17(3,14-10-8-9-11-14)16(19)21-13-7-5-2/h14H,4-13H2,1-3H3. The third-order valence-electron chi connectivity index (χ3n) is 4.48. The van der Waals surface area contributed by atoms with E-state index in [4.69, 9.17) is 9.47 Å². The topological polar surface area (TPSA) is 52.6 Å². The van der Waals surface area contributed by atoms with Crippen LogP contribution in [0.2, 0.25) is 0 Å². The maximum absolute atomic E-state index is 12.5. The summed E-state index contributed by atoms with van der Waals surface area (Å²) in [5.41, 5.74) is -1.13. The van der Waals surface area contributed by atoms with Gasteiger partial charge in [0.15, 0.2) is 5.41 Å². The van der Waals surface area contributed by atoms with Crippen LogP contribution in [0.4, 0.5) is 0 Å². The van der Waals surface area contributed by atoms with Crippen LogP contribution in [0.3, 0.4) is 0 Å². The molecule has 4 heteroatoms. The molecule has 0 aliphatic heterocycles. The van der Waals surface area contributed by atoms with Crippen LogP contribution < -0.4 is 0 Å². The summed E-state index contributed by atoms with van der Waals surface area (Å²) in [5.74, 6) is -0.741. The lowest BCUT2D eigenvalue weighted by Gasteiger charge is -2.30. The second-order valence-corrected chi connectivity index (χ2v) is 6.16. The molecule has 1 rings (SSSR count). The van der Waals surface area contributed by atoms with Crippen LogP contribution in [-0.4, -0.2) is 25.2 Å². The fourth-order valence-corrected chi connectivity index (χ4v) is 2.84. The molecule has 0 aromatic carbocycles. The monoisotopic (exact) mass is 298 g/mol. The lowest BCUT2D eigenvalue weighted by Crippen LogP contribution is -2.45. The van der Waals surface area contributed by atoms with Gasteiger partial charge in [0, 0.05) is 0 Å². The Hall–Kier alpha value is -1.06. The second-order valence-electron chi connectivity index (χ2n) is 6.16. The maximum atomic E-state index is 12.5. The van der Waals surface area contributed by atoms with E-state index in [0.717, 1.165) is 51.4 Å². The van der Waals surface area contributed by atoms with Crippen molar-refractivity contribution in [2.75, 3.05) is 13.2 Å². The van der Waals surface area contributed by atoms with Crippen LogP contribution in [-0.2, 0) is 19.1 Å². The molecule has 122 valence electrons. The van der Waals surface area contributed by atoms with Crippen LogP contribution in [0.5, 0.6) is 0 Å². The molecular formula is C17H30O4. The normalized spacial score (nSPS) is 16.0. The number of esters is 2. The highest BCUT2D eigenvalue weighted by Gasteiger charge is 2.51. The highest BCUT2D eigenvalue weighted by Crippen LogP contribution is 2.41. The first-order valence-corrected chi connectivity index (χ1v) is 8.41. The molecule has 0 radical (unpaired) electrons. The van der Waals surface area contributed by atoms with Crippen molar-refractivity contribution in [2.24, 2.45) is 11.3 Å². The predicted molar refractivity (Wildman–Crippen MR) is 81.8 cm³/mol. The molecule has 0 spiro atoms. The van der Waals surface area contributed by atoms with Gasteiger partial charge in [0.05, 0.1) is 13.2 Å². The smallest absolute Gasteiger partial charge is 0.323 e. The minimum absolute atomic E-state index is 0.0563. The van der Waals surface area contributed by atoms with E-state index in [0.29, 0.717) is 13.2 Å². The molecule has 0 bridgehead atoms. The van der Waals surface area contributed by atoms with E-state index in [9.17, 15) is 9.59 Å². The molecule has 0 unspecified atom stereocenters. The van der Waals surface area contributed by atoms with Crippen LogP contribution in [0, 0.1) is 11.3 Å². The number of hydrogen-bond donors (Lipinski definition) is 0. The zero-order valence-corrected chi connectivity index (χ0v) is 13.8. The largest absolute Gasteiger partial charge is 0.465 e. The van der Waals surface area contributed by atoms with E-state index in [-0.39, 0.29) is 5.92 Å². The van der Waals surface area contributed by atoms with Crippen LogP contribution >= 0.6 is 0 Å². The minimum Gasteiger partial charge on any atom is -0.465 e. The molecule has 0 aromatic heterocycles. The van der Waals surface area contributed by atoms with Crippen molar-refractivity contribution in [1.29, 1.82) is 0 Å². The van der Waals surface area contributed by atoms with E-state index in [2.05, 4.69) is 0 Å². The average Bonchev–Trinajstić information content (AvgIpc) is 3.01. The van der Waals surface area contributed by atoms with Gasteiger partial charge in [0.2, 0.25) is 0 Å². The fourth-order valence-electron chi connectivity index (χ4n) is 2.84. The van der Waals surface area contributed by atoms with Gasteiger partial charge in [0.1, 0.15) is 0 Å². The van der Waals surface area contributed by atoms with Crippen LogP contribution in [0.25, 0.3) is 0 Å². The Bertz CT molecular complexity index is 310. The Labute approximate surface area is 128 Å². The number of rotatable bonds is 9. The van der Waals surface area contributed by atoms with Gasteiger partial charge in [0.25, 0.3) is 0 Å². The van der Waals surface area contributed by atoms with Crippen molar-refractivity contribution in [2.45, 2.75) is 72.1 Å². The fraction of sp³-hybridized carbons (Fsp3) is 0.882. The highest BCUT2D eigenvalue weighted by atomic mass is 16.6. The Balaban J connectivity index is 2.73. The first-order chi connectivity index (χ1) is 10.1. The zero-order chi connectivity index (χ0) is 15.7. The van der Waals surface area contributed by atoms with E-state index in [1.54, 1.807) is 6.92 Å². The van der Waals surface area contributed by atoms with Crippen molar-refractivity contribution in [1.82, 2.24) is 0 Å².